The molecule has 1 aromatic heterocycles. The molecule has 0 amide bonds. The van der Waals surface area contributed by atoms with Gasteiger partial charge in [-0.05, 0) is 48.8 Å². The first-order valence-electron chi connectivity index (χ1n) is 7.73. The zero-order chi connectivity index (χ0) is 14.5. The van der Waals surface area contributed by atoms with E-state index in [1.807, 2.05) is 0 Å². The minimum absolute atomic E-state index is 0.664. The minimum atomic E-state index is 0.664. The second kappa shape index (κ2) is 6.62. The summed E-state index contributed by atoms with van der Waals surface area (Å²) in [5, 5.41) is 1.37. The third-order valence-corrected chi connectivity index (χ3v) is 4.12. The van der Waals surface area contributed by atoms with Crippen molar-refractivity contribution in [2.75, 3.05) is 0 Å². The predicted octanol–water partition coefficient (Wildman–Crippen LogP) is 5.18. The molecule has 0 spiro atoms. The molecule has 0 saturated heterocycles. The highest BCUT2D eigenvalue weighted by Gasteiger charge is 2.12. The summed E-state index contributed by atoms with van der Waals surface area (Å²) in [6, 6.07) is 19.4. The first-order chi connectivity index (χ1) is 10.4. The molecule has 1 heteroatoms. The Hall–Kier alpha value is -2.02. The van der Waals surface area contributed by atoms with Gasteiger partial charge in [0.25, 0.3) is 0 Å². The van der Waals surface area contributed by atoms with Crippen molar-refractivity contribution in [1.82, 2.24) is 4.98 Å². The summed E-state index contributed by atoms with van der Waals surface area (Å²) in [5.74, 6) is 0.664. The van der Waals surface area contributed by atoms with Crippen LogP contribution in [0.2, 0.25) is 0 Å². The number of benzene rings is 2. The molecule has 0 bridgehead atoms. The fraction of sp³-hybridized carbons (Fsp3) is 0.250. The van der Waals surface area contributed by atoms with Gasteiger partial charge < -0.3 is 4.98 Å². The molecule has 0 aliphatic carbocycles. The monoisotopic (exact) mass is 276 g/mol. The van der Waals surface area contributed by atoms with E-state index in [0.29, 0.717) is 5.92 Å². The quantitative estimate of drug-likeness (QED) is 0.638. The number of hydrogen-bond donors (Lipinski definition) is 1. The summed E-state index contributed by atoms with van der Waals surface area (Å²) in [6.45, 7) is 2.16. The number of aromatic nitrogens is 1. The van der Waals surface area contributed by atoms with Crippen molar-refractivity contribution in [2.45, 2.75) is 26.2 Å². The lowest BCUT2D eigenvalue weighted by molar-refractivity contribution is 0.515. The molecular formula is C20H22N. The van der Waals surface area contributed by atoms with E-state index in [4.69, 9.17) is 0 Å². The molecule has 1 atom stereocenters. The second-order valence-electron chi connectivity index (χ2n) is 5.76. The van der Waals surface area contributed by atoms with Gasteiger partial charge in [-0.15, -0.1) is 0 Å². The van der Waals surface area contributed by atoms with Gasteiger partial charge >= 0.3 is 0 Å². The third kappa shape index (κ3) is 3.36. The fourth-order valence-corrected chi connectivity index (χ4v) is 3.13. The predicted molar refractivity (Wildman–Crippen MR) is 90.2 cm³/mol. The van der Waals surface area contributed by atoms with Crippen LogP contribution in [0.5, 0.6) is 0 Å². The number of fused-ring (bicyclic) bond motifs is 1. The minimum Gasteiger partial charge on any atom is -0.361 e. The molecule has 3 aromatic rings. The average molecular weight is 276 g/mol. The summed E-state index contributed by atoms with van der Waals surface area (Å²) in [7, 11) is 0. The Morgan fingerprint density at radius 2 is 1.71 bits per heavy atom. The van der Waals surface area contributed by atoms with Gasteiger partial charge in [0.1, 0.15) is 0 Å². The van der Waals surface area contributed by atoms with Crippen LogP contribution in [0.25, 0.3) is 10.9 Å². The van der Waals surface area contributed by atoms with Crippen molar-refractivity contribution in [1.29, 1.82) is 0 Å². The molecule has 0 fully saturated rings. The summed E-state index contributed by atoms with van der Waals surface area (Å²) < 4.78 is 0. The Labute approximate surface area is 127 Å². The van der Waals surface area contributed by atoms with Crippen LogP contribution in [-0.4, -0.2) is 4.98 Å². The Kier molecular flexibility index (Phi) is 4.40. The summed E-state index contributed by atoms with van der Waals surface area (Å²) in [4.78, 5) is 3.39. The van der Waals surface area contributed by atoms with Gasteiger partial charge in [0, 0.05) is 17.1 Å². The van der Waals surface area contributed by atoms with E-state index in [1.165, 1.54) is 22.0 Å². The van der Waals surface area contributed by atoms with Crippen molar-refractivity contribution < 1.29 is 0 Å². The van der Waals surface area contributed by atoms with E-state index in [1.54, 1.807) is 0 Å². The smallest absolute Gasteiger partial charge is 0.0456 e. The normalized spacial score (nSPS) is 12.6. The Morgan fingerprint density at radius 3 is 2.52 bits per heavy atom. The van der Waals surface area contributed by atoms with Crippen LogP contribution in [0.1, 0.15) is 24.5 Å². The highest BCUT2D eigenvalue weighted by Crippen LogP contribution is 2.24. The van der Waals surface area contributed by atoms with Crippen molar-refractivity contribution >= 4 is 10.9 Å². The van der Waals surface area contributed by atoms with E-state index in [2.05, 4.69) is 79.1 Å². The number of H-pyrrole nitrogens is 1. The molecule has 0 saturated carbocycles. The van der Waals surface area contributed by atoms with E-state index < -0.39 is 0 Å². The van der Waals surface area contributed by atoms with Crippen molar-refractivity contribution in [3.63, 3.8) is 0 Å². The molecule has 21 heavy (non-hydrogen) atoms. The lowest BCUT2D eigenvalue weighted by atomic mass is 9.89. The van der Waals surface area contributed by atoms with Gasteiger partial charge in [-0.1, -0.05) is 55.5 Å². The van der Waals surface area contributed by atoms with Crippen LogP contribution in [0.3, 0.4) is 0 Å². The Morgan fingerprint density at radius 1 is 0.952 bits per heavy atom. The molecule has 107 valence electrons. The zero-order valence-corrected chi connectivity index (χ0v) is 12.5. The maximum Gasteiger partial charge on any atom is 0.0456 e. The van der Waals surface area contributed by atoms with Crippen molar-refractivity contribution in [3.05, 3.63) is 78.3 Å². The molecule has 2 aromatic carbocycles. The van der Waals surface area contributed by atoms with Crippen LogP contribution in [-0.2, 0) is 12.8 Å². The SMILES string of the molecule is C[CH]CC(Cc1ccccc1)Cc1c[nH]c2ccccc12. The maximum absolute atomic E-state index is 3.39. The first kappa shape index (κ1) is 13.9. The highest BCUT2D eigenvalue weighted by atomic mass is 14.7. The van der Waals surface area contributed by atoms with Crippen LogP contribution in [0.15, 0.2) is 60.8 Å². The van der Waals surface area contributed by atoms with E-state index in [0.717, 1.165) is 19.3 Å². The molecule has 1 nitrogen and oxygen atoms in total. The number of hydrogen-bond acceptors (Lipinski definition) is 0. The Bertz CT molecular complexity index is 681. The number of para-hydroxylation sites is 1. The molecule has 0 aliphatic heterocycles. The first-order valence-corrected chi connectivity index (χ1v) is 7.73. The third-order valence-electron chi connectivity index (χ3n) is 4.12. The number of rotatable bonds is 6. The van der Waals surface area contributed by atoms with Crippen LogP contribution >= 0.6 is 0 Å². The second-order valence-corrected chi connectivity index (χ2v) is 5.76. The lowest BCUT2D eigenvalue weighted by Crippen LogP contribution is -2.08. The molecule has 1 radical (unpaired) electrons. The molecule has 3 rings (SSSR count). The summed E-state index contributed by atoms with van der Waals surface area (Å²) in [6.07, 6.45) is 7.91. The summed E-state index contributed by atoms with van der Waals surface area (Å²) in [5.41, 5.74) is 4.11. The fourth-order valence-electron chi connectivity index (χ4n) is 3.13. The van der Waals surface area contributed by atoms with Crippen molar-refractivity contribution in [3.8, 4) is 0 Å². The standard InChI is InChI=1S/C20H22N/c1-2-8-17(13-16-9-4-3-5-10-16)14-18-15-21-20-12-7-6-11-19(18)20/h2-7,9-12,15,17,21H,8,13-14H2,1H3. The van der Waals surface area contributed by atoms with Crippen molar-refractivity contribution in [2.24, 2.45) is 5.92 Å². The van der Waals surface area contributed by atoms with Gasteiger partial charge in [0.05, 0.1) is 0 Å². The molecule has 1 unspecified atom stereocenters. The topological polar surface area (TPSA) is 15.8 Å². The van der Waals surface area contributed by atoms with Gasteiger partial charge in [-0.25, -0.2) is 0 Å². The van der Waals surface area contributed by atoms with E-state index >= 15 is 0 Å². The average Bonchev–Trinajstić information content (AvgIpc) is 2.92. The largest absolute Gasteiger partial charge is 0.361 e. The maximum atomic E-state index is 3.39. The Balaban J connectivity index is 1.78. The van der Waals surface area contributed by atoms with Crippen LogP contribution < -0.4 is 0 Å². The van der Waals surface area contributed by atoms with Gasteiger partial charge in [-0.3, -0.25) is 0 Å². The van der Waals surface area contributed by atoms with Crippen LogP contribution in [0.4, 0.5) is 0 Å². The van der Waals surface area contributed by atoms with E-state index in [9.17, 15) is 0 Å². The van der Waals surface area contributed by atoms with E-state index in [-0.39, 0.29) is 0 Å². The molecule has 0 aliphatic rings. The zero-order valence-electron chi connectivity index (χ0n) is 12.5. The summed E-state index contributed by atoms with van der Waals surface area (Å²) >= 11 is 0. The van der Waals surface area contributed by atoms with Gasteiger partial charge in [0.2, 0.25) is 0 Å². The molecular weight excluding hydrogens is 254 g/mol. The molecule has 1 heterocycles. The number of aromatic amines is 1. The highest BCUT2D eigenvalue weighted by molar-refractivity contribution is 5.83. The lowest BCUT2D eigenvalue weighted by Gasteiger charge is -2.16. The van der Waals surface area contributed by atoms with Gasteiger partial charge in [-0.2, -0.15) is 0 Å². The molecule has 1 N–H and O–H groups in total. The van der Waals surface area contributed by atoms with Gasteiger partial charge in [0.15, 0.2) is 0 Å². The van der Waals surface area contributed by atoms with Crippen LogP contribution in [0, 0.1) is 12.3 Å². The number of nitrogens with one attached hydrogen (secondary N) is 1.